The van der Waals surface area contributed by atoms with E-state index in [9.17, 15) is 9.18 Å². The lowest BCUT2D eigenvalue weighted by Gasteiger charge is -2.05. The lowest BCUT2D eigenvalue weighted by Crippen LogP contribution is -2.05. The van der Waals surface area contributed by atoms with E-state index in [1.165, 1.54) is 12.1 Å². The van der Waals surface area contributed by atoms with Crippen LogP contribution in [0.5, 0.6) is 0 Å². The fraction of sp³-hybridized carbons (Fsp3) is 0.300. The molecule has 0 fully saturated rings. The van der Waals surface area contributed by atoms with Crippen LogP contribution in [0.3, 0.4) is 0 Å². The number of hydrogen-bond donors (Lipinski definition) is 0. The van der Waals surface area contributed by atoms with Crippen molar-refractivity contribution in [3.8, 4) is 0 Å². The van der Waals surface area contributed by atoms with Gasteiger partial charge < -0.3 is 4.74 Å². The van der Waals surface area contributed by atoms with E-state index in [0.717, 1.165) is 0 Å². The molecule has 1 aromatic rings. The van der Waals surface area contributed by atoms with Crippen LogP contribution in [-0.2, 0) is 4.74 Å². The lowest BCUT2D eigenvalue weighted by atomic mass is 10.1. The molecule has 0 bridgehead atoms. The van der Waals surface area contributed by atoms with Crippen LogP contribution < -0.4 is 0 Å². The first-order chi connectivity index (χ1) is 6.56. The highest BCUT2D eigenvalue weighted by atomic mass is 79.9. The fourth-order valence-electron chi connectivity index (χ4n) is 1.06. The second-order valence-corrected chi connectivity index (χ2v) is 3.66. The summed E-state index contributed by atoms with van der Waals surface area (Å²) >= 11 is 3.03. The molecule has 76 valence electrons. The van der Waals surface area contributed by atoms with Gasteiger partial charge in [-0.2, -0.15) is 0 Å². The molecule has 4 heteroatoms. The van der Waals surface area contributed by atoms with Gasteiger partial charge in [-0.15, -0.1) is 0 Å². The highest BCUT2D eigenvalue weighted by Crippen LogP contribution is 2.21. The molecule has 1 aromatic carbocycles. The van der Waals surface area contributed by atoms with Crippen molar-refractivity contribution < 1.29 is 13.9 Å². The van der Waals surface area contributed by atoms with Crippen molar-refractivity contribution in [1.82, 2.24) is 0 Å². The quantitative estimate of drug-likeness (QED) is 0.765. The number of rotatable bonds is 2. The van der Waals surface area contributed by atoms with Gasteiger partial charge in [0.05, 0.1) is 16.6 Å². The van der Waals surface area contributed by atoms with Gasteiger partial charge in [0, 0.05) is 0 Å². The summed E-state index contributed by atoms with van der Waals surface area (Å²) in [7, 11) is 0. The standard InChI is InChI=1S/C10H10BrFO2/c1-3-14-10(13)7-4-6(2)9(12)8(11)5-7/h4-5H,3H2,1-2H3. The number of ether oxygens (including phenoxy) is 1. The van der Waals surface area contributed by atoms with Gasteiger partial charge in [-0.25, -0.2) is 9.18 Å². The van der Waals surface area contributed by atoms with Gasteiger partial charge in [0.15, 0.2) is 0 Å². The molecule has 0 radical (unpaired) electrons. The molecule has 2 nitrogen and oxygen atoms in total. The molecule has 0 unspecified atom stereocenters. The number of carbonyl (C=O) groups excluding carboxylic acids is 1. The zero-order valence-corrected chi connectivity index (χ0v) is 9.52. The molecule has 0 N–H and O–H groups in total. The zero-order valence-electron chi connectivity index (χ0n) is 7.93. The lowest BCUT2D eigenvalue weighted by molar-refractivity contribution is 0.0526. The Bertz CT molecular complexity index is 340. The molecular weight excluding hydrogens is 251 g/mol. The molecule has 0 heterocycles. The molecular formula is C10H10BrFO2. The van der Waals surface area contributed by atoms with Crippen molar-refractivity contribution in [3.63, 3.8) is 0 Å². The predicted molar refractivity (Wildman–Crippen MR) is 54.8 cm³/mol. The van der Waals surface area contributed by atoms with E-state index in [0.29, 0.717) is 17.7 Å². The average Bonchev–Trinajstić information content (AvgIpc) is 2.13. The topological polar surface area (TPSA) is 26.3 Å². The molecule has 0 saturated heterocycles. The number of benzene rings is 1. The van der Waals surface area contributed by atoms with Crippen LogP contribution in [0.4, 0.5) is 4.39 Å². The van der Waals surface area contributed by atoms with Crippen molar-refractivity contribution in [2.75, 3.05) is 6.61 Å². The normalized spacial score (nSPS) is 10.0. The molecule has 0 amide bonds. The average molecular weight is 261 g/mol. The molecule has 0 saturated carbocycles. The predicted octanol–water partition coefficient (Wildman–Crippen LogP) is 3.07. The third kappa shape index (κ3) is 2.32. The summed E-state index contributed by atoms with van der Waals surface area (Å²) in [5.41, 5.74) is 0.778. The van der Waals surface area contributed by atoms with Crippen molar-refractivity contribution in [2.45, 2.75) is 13.8 Å². The van der Waals surface area contributed by atoms with E-state index >= 15 is 0 Å². The number of halogens is 2. The maximum atomic E-state index is 13.2. The summed E-state index contributed by atoms with van der Waals surface area (Å²) in [5.74, 6) is -0.783. The van der Waals surface area contributed by atoms with Gasteiger partial charge in [-0.05, 0) is 47.5 Å². The smallest absolute Gasteiger partial charge is 0.338 e. The van der Waals surface area contributed by atoms with Gasteiger partial charge in [-0.3, -0.25) is 0 Å². The monoisotopic (exact) mass is 260 g/mol. The van der Waals surface area contributed by atoms with Gasteiger partial charge in [0.2, 0.25) is 0 Å². The third-order valence-electron chi connectivity index (χ3n) is 1.72. The van der Waals surface area contributed by atoms with Crippen molar-refractivity contribution >= 4 is 21.9 Å². The second kappa shape index (κ2) is 4.55. The summed E-state index contributed by atoms with van der Waals surface area (Å²) in [6, 6.07) is 2.89. The largest absolute Gasteiger partial charge is 0.462 e. The first-order valence-corrected chi connectivity index (χ1v) is 4.98. The van der Waals surface area contributed by atoms with Gasteiger partial charge in [0.1, 0.15) is 5.82 Å². The summed E-state index contributed by atoms with van der Waals surface area (Å²) in [5, 5.41) is 0. The SMILES string of the molecule is CCOC(=O)c1cc(C)c(F)c(Br)c1. The highest BCUT2D eigenvalue weighted by molar-refractivity contribution is 9.10. The summed E-state index contributed by atoms with van der Waals surface area (Å²) in [6.45, 7) is 3.64. The van der Waals surface area contributed by atoms with E-state index in [1.54, 1.807) is 13.8 Å². The highest BCUT2D eigenvalue weighted by Gasteiger charge is 2.11. The molecule has 0 aliphatic heterocycles. The Kier molecular flexibility index (Phi) is 3.63. The van der Waals surface area contributed by atoms with Crippen molar-refractivity contribution in [2.24, 2.45) is 0 Å². The number of esters is 1. The Labute approximate surface area is 90.2 Å². The molecule has 1 rings (SSSR count). The maximum absolute atomic E-state index is 13.2. The Morgan fingerprint density at radius 1 is 1.57 bits per heavy atom. The van der Waals surface area contributed by atoms with E-state index in [4.69, 9.17) is 4.74 Å². The van der Waals surface area contributed by atoms with Crippen molar-refractivity contribution in [1.29, 1.82) is 0 Å². The van der Waals surface area contributed by atoms with E-state index in [1.807, 2.05) is 0 Å². The number of aryl methyl sites for hydroxylation is 1. The summed E-state index contributed by atoms with van der Waals surface area (Å²) < 4.78 is 18.2. The number of carbonyl (C=O) groups is 1. The Morgan fingerprint density at radius 3 is 2.71 bits per heavy atom. The fourth-order valence-corrected chi connectivity index (χ4v) is 1.62. The summed E-state index contributed by atoms with van der Waals surface area (Å²) in [4.78, 5) is 11.3. The minimum Gasteiger partial charge on any atom is -0.462 e. The molecule has 0 aliphatic carbocycles. The molecule has 0 aliphatic rings. The first kappa shape index (κ1) is 11.2. The Balaban J connectivity index is 3.06. The van der Waals surface area contributed by atoms with Crippen molar-refractivity contribution in [3.05, 3.63) is 33.5 Å². The Morgan fingerprint density at radius 2 is 2.21 bits per heavy atom. The van der Waals surface area contributed by atoms with Crippen LogP contribution in [0.1, 0.15) is 22.8 Å². The summed E-state index contributed by atoms with van der Waals surface area (Å²) in [6.07, 6.45) is 0. The van der Waals surface area contributed by atoms with Crippen LogP contribution in [0, 0.1) is 12.7 Å². The van der Waals surface area contributed by atoms with Crippen LogP contribution in [0.15, 0.2) is 16.6 Å². The van der Waals surface area contributed by atoms with E-state index in [2.05, 4.69) is 15.9 Å². The van der Waals surface area contributed by atoms with Crippen LogP contribution in [0.2, 0.25) is 0 Å². The minimum atomic E-state index is -0.434. The molecule has 0 atom stereocenters. The van der Waals surface area contributed by atoms with Crippen LogP contribution in [0.25, 0.3) is 0 Å². The van der Waals surface area contributed by atoms with Gasteiger partial charge >= 0.3 is 5.97 Å². The van der Waals surface area contributed by atoms with E-state index in [-0.39, 0.29) is 10.3 Å². The van der Waals surface area contributed by atoms with Crippen LogP contribution >= 0.6 is 15.9 Å². The molecule has 0 aromatic heterocycles. The zero-order chi connectivity index (χ0) is 10.7. The third-order valence-corrected chi connectivity index (χ3v) is 2.30. The first-order valence-electron chi connectivity index (χ1n) is 4.19. The van der Waals surface area contributed by atoms with Gasteiger partial charge in [0.25, 0.3) is 0 Å². The molecule has 14 heavy (non-hydrogen) atoms. The number of hydrogen-bond acceptors (Lipinski definition) is 2. The van der Waals surface area contributed by atoms with Crippen LogP contribution in [-0.4, -0.2) is 12.6 Å². The minimum absolute atomic E-state index is 0.278. The maximum Gasteiger partial charge on any atom is 0.338 e. The Hall–Kier alpha value is -0.900. The van der Waals surface area contributed by atoms with E-state index < -0.39 is 5.97 Å². The van der Waals surface area contributed by atoms with Gasteiger partial charge in [-0.1, -0.05) is 0 Å². The second-order valence-electron chi connectivity index (χ2n) is 2.81. The molecule has 0 spiro atoms.